The third-order valence-corrected chi connectivity index (χ3v) is 3.27. The van der Waals surface area contributed by atoms with Crippen molar-refractivity contribution in [1.29, 1.82) is 0 Å². The molecule has 90 valence electrons. The summed E-state index contributed by atoms with van der Waals surface area (Å²) < 4.78 is 15.0. The molecule has 0 aliphatic rings. The van der Waals surface area contributed by atoms with Crippen molar-refractivity contribution in [2.75, 3.05) is 27.4 Å². The molecular weight excluding hydrogens is 256 g/mol. The summed E-state index contributed by atoms with van der Waals surface area (Å²) in [7, 11) is 2.94. The van der Waals surface area contributed by atoms with Gasteiger partial charge in [0, 0.05) is 7.11 Å². The van der Waals surface area contributed by atoms with Gasteiger partial charge in [-0.25, -0.2) is 4.79 Å². The van der Waals surface area contributed by atoms with Gasteiger partial charge in [0.15, 0.2) is 15.7 Å². The van der Waals surface area contributed by atoms with Gasteiger partial charge in [-0.2, -0.15) is 0 Å². The third-order valence-electron chi connectivity index (χ3n) is 1.69. The molecule has 0 radical (unpaired) electrons. The maximum absolute atomic E-state index is 10.9. The first-order valence-corrected chi connectivity index (χ1v) is 5.52. The molecule has 1 aromatic rings. The number of methoxy groups -OCH3 is 2. The molecule has 0 saturated carbocycles. The molecule has 0 spiro atoms. The number of ether oxygens (including phenoxy) is 3. The normalized spacial score (nSPS) is 10.2. The van der Waals surface area contributed by atoms with Crippen molar-refractivity contribution in [3.05, 3.63) is 9.90 Å². The molecule has 0 aromatic carbocycles. The minimum Gasteiger partial charge on any atom is -0.488 e. The Morgan fingerprint density at radius 1 is 1.44 bits per heavy atom. The van der Waals surface area contributed by atoms with Crippen LogP contribution in [0.1, 0.15) is 9.67 Å². The van der Waals surface area contributed by atoms with Gasteiger partial charge in [-0.05, 0) is 0 Å². The Labute approximate surface area is 101 Å². The summed E-state index contributed by atoms with van der Waals surface area (Å²) in [6.07, 6.45) is 0. The van der Waals surface area contributed by atoms with E-state index in [4.69, 9.17) is 30.9 Å². The Hall–Kier alpha value is -0.980. The van der Waals surface area contributed by atoms with Gasteiger partial charge in [-0.15, -0.1) is 0 Å². The first kappa shape index (κ1) is 13.1. The van der Waals surface area contributed by atoms with Crippen LogP contribution in [0.5, 0.6) is 10.8 Å². The van der Waals surface area contributed by atoms with Crippen molar-refractivity contribution in [3.63, 3.8) is 0 Å². The van der Waals surface area contributed by atoms with Crippen LogP contribution in [0, 0.1) is 0 Å². The van der Waals surface area contributed by atoms with Gasteiger partial charge in [-0.1, -0.05) is 22.9 Å². The van der Waals surface area contributed by atoms with Crippen LogP contribution in [0.3, 0.4) is 0 Å². The van der Waals surface area contributed by atoms with Crippen molar-refractivity contribution in [1.82, 2.24) is 0 Å². The number of halogens is 1. The van der Waals surface area contributed by atoms with E-state index in [-0.39, 0.29) is 22.3 Å². The standard InChI is InChI=1S/C9H11ClO5S/c1-13-3-4-15-6-5(10)9(14-2)16-7(6)8(11)12/h3-4H2,1-2H3,(H,11,12). The molecule has 5 nitrogen and oxygen atoms in total. The maximum atomic E-state index is 10.9. The lowest BCUT2D eigenvalue weighted by molar-refractivity contribution is 0.0695. The summed E-state index contributed by atoms with van der Waals surface area (Å²) in [5, 5.41) is 9.45. The molecule has 0 aliphatic heterocycles. The van der Waals surface area contributed by atoms with E-state index in [0.717, 1.165) is 11.3 Å². The molecule has 0 amide bonds. The Morgan fingerprint density at radius 3 is 2.62 bits per heavy atom. The molecule has 0 fully saturated rings. The van der Waals surface area contributed by atoms with E-state index < -0.39 is 5.97 Å². The molecule has 1 rings (SSSR count). The quantitative estimate of drug-likeness (QED) is 0.799. The van der Waals surface area contributed by atoms with E-state index in [0.29, 0.717) is 11.7 Å². The van der Waals surface area contributed by atoms with Gasteiger partial charge >= 0.3 is 5.97 Å². The first-order valence-electron chi connectivity index (χ1n) is 4.33. The van der Waals surface area contributed by atoms with Gasteiger partial charge in [0.1, 0.15) is 11.6 Å². The van der Waals surface area contributed by atoms with E-state index in [1.807, 2.05) is 0 Å². The molecule has 0 aliphatic carbocycles. The Kier molecular flexibility index (Phi) is 4.85. The predicted molar refractivity (Wildman–Crippen MR) is 60.2 cm³/mol. The topological polar surface area (TPSA) is 65.0 Å². The number of hydrogen-bond donors (Lipinski definition) is 1. The lowest BCUT2D eigenvalue weighted by atomic mass is 10.4. The second kappa shape index (κ2) is 5.93. The second-order valence-electron chi connectivity index (χ2n) is 2.71. The molecule has 1 N–H and O–H groups in total. The van der Waals surface area contributed by atoms with E-state index in [9.17, 15) is 4.79 Å². The fourth-order valence-electron chi connectivity index (χ4n) is 1.00. The van der Waals surface area contributed by atoms with Gasteiger partial charge in [0.25, 0.3) is 0 Å². The van der Waals surface area contributed by atoms with Crippen molar-refractivity contribution < 1.29 is 24.1 Å². The fourth-order valence-corrected chi connectivity index (χ4v) is 2.19. The highest BCUT2D eigenvalue weighted by Crippen LogP contribution is 2.44. The third kappa shape index (κ3) is 2.78. The van der Waals surface area contributed by atoms with E-state index in [1.54, 1.807) is 0 Å². The molecule has 1 aromatic heterocycles. The monoisotopic (exact) mass is 266 g/mol. The summed E-state index contributed by atoms with van der Waals surface area (Å²) >= 11 is 6.84. The molecule has 16 heavy (non-hydrogen) atoms. The minimum absolute atomic E-state index is 0.0259. The average molecular weight is 267 g/mol. The van der Waals surface area contributed by atoms with Gasteiger partial charge < -0.3 is 19.3 Å². The number of hydrogen-bond acceptors (Lipinski definition) is 5. The van der Waals surface area contributed by atoms with Crippen LogP contribution in [0.15, 0.2) is 0 Å². The zero-order chi connectivity index (χ0) is 12.1. The molecule has 0 atom stereocenters. The molecule has 7 heteroatoms. The Bertz CT molecular complexity index is 376. The lowest BCUT2D eigenvalue weighted by Gasteiger charge is -2.05. The molecule has 0 bridgehead atoms. The maximum Gasteiger partial charge on any atom is 0.349 e. The SMILES string of the molecule is COCCOc1c(C(=O)O)sc(OC)c1Cl. The molecular formula is C9H11ClO5S. The van der Waals surface area contributed by atoms with E-state index >= 15 is 0 Å². The summed E-state index contributed by atoms with van der Waals surface area (Å²) in [6.45, 7) is 0.587. The van der Waals surface area contributed by atoms with Crippen LogP contribution >= 0.6 is 22.9 Å². The summed E-state index contributed by atoms with van der Waals surface area (Å²) in [6, 6.07) is 0. The average Bonchev–Trinajstić information content (AvgIpc) is 2.57. The van der Waals surface area contributed by atoms with Crippen molar-refractivity contribution in [3.8, 4) is 10.8 Å². The Morgan fingerprint density at radius 2 is 2.12 bits per heavy atom. The van der Waals surface area contributed by atoms with Crippen LogP contribution in [0.25, 0.3) is 0 Å². The second-order valence-corrected chi connectivity index (χ2v) is 4.07. The molecule has 0 unspecified atom stereocenters. The smallest absolute Gasteiger partial charge is 0.349 e. The van der Waals surface area contributed by atoms with Gasteiger partial charge in [-0.3, -0.25) is 0 Å². The van der Waals surface area contributed by atoms with Gasteiger partial charge in [0.05, 0.1) is 13.7 Å². The van der Waals surface area contributed by atoms with Crippen LogP contribution < -0.4 is 9.47 Å². The van der Waals surface area contributed by atoms with E-state index in [2.05, 4.69) is 0 Å². The number of thiophene rings is 1. The highest BCUT2D eigenvalue weighted by molar-refractivity contribution is 7.16. The van der Waals surface area contributed by atoms with Crippen molar-refractivity contribution in [2.24, 2.45) is 0 Å². The Balaban J connectivity index is 2.94. The minimum atomic E-state index is -1.09. The van der Waals surface area contributed by atoms with Crippen molar-refractivity contribution >= 4 is 28.9 Å². The number of aromatic carboxylic acids is 1. The number of carboxylic acids is 1. The number of carboxylic acid groups (broad SMARTS) is 1. The zero-order valence-electron chi connectivity index (χ0n) is 8.78. The largest absolute Gasteiger partial charge is 0.488 e. The highest BCUT2D eigenvalue weighted by Gasteiger charge is 2.23. The van der Waals surface area contributed by atoms with Crippen LogP contribution in [-0.4, -0.2) is 38.5 Å². The first-order chi connectivity index (χ1) is 7.61. The lowest BCUT2D eigenvalue weighted by Crippen LogP contribution is -2.06. The molecule has 0 saturated heterocycles. The van der Waals surface area contributed by atoms with Gasteiger partial charge in [0.2, 0.25) is 0 Å². The number of carbonyl (C=O) groups is 1. The number of rotatable bonds is 6. The molecule has 1 heterocycles. The zero-order valence-corrected chi connectivity index (χ0v) is 10.4. The van der Waals surface area contributed by atoms with Crippen LogP contribution in [-0.2, 0) is 4.74 Å². The summed E-state index contributed by atoms with van der Waals surface area (Å²) in [4.78, 5) is 10.9. The van der Waals surface area contributed by atoms with E-state index in [1.165, 1.54) is 14.2 Å². The van der Waals surface area contributed by atoms with Crippen LogP contribution in [0.2, 0.25) is 5.02 Å². The predicted octanol–water partition coefficient (Wildman–Crippen LogP) is 2.13. The van der Waals surface area contributed by atoms with Crippen molar-refractivity contribution in [2.45, 2.75) is 0 Å². The highest BCUT2D eigenvalue weighted by atomic mass is 35.5. The summed E-state index contributed by atoms with van der Waals surface area (Å²) in [5.41, 5.74) is 0. The fraction of sp³-hybridized carbons (Fsp3) is 0.444. The van der Waals surface area contributed by atoms with Crippen LogP contribution in [0.4, 0.5) is 0 Å². The summed E-state index contributed by atoms with van der Waals surface area (Å²) in [5.74, 6) is -0.962.